The first-order valence-electron chi connectivity index (χ1n) is 6.27. The second kappa shape index (κ2) is 5.01. The summed E-state index contributed by atoms with van der Waals surface area (Å²) in [7, 11) is 0. The maximum atomic E-state index is 13.0. The fourth-order valence-electron chi connectivity index (χ4n) is 1.96. The predicted octanol–water partition coefficient (Wildman–Crippen LogP) is 0.995. The zero-order chi connectivity index (χ0) is 17.6. The largest absolute Gasteiger partial charge is 0.438 e. The molecular weight excluding hydrogens is 323 g/mol. The standard InChI is InChI=1S/C11H12F3N5O4/c1-9(2,17-6-7(5-16-17)19(22)23)8(20)18-10(21,3-4-15-18)11(12,13)14/h4-6,21H,3H2,1-2H3/t10-/m0/s1. The molecule has 1 N–H and O–H groups in total. The number of aliphatic hydroxyl groups is 1. The van der Waals surface area contributed by atoms with Crippen LogP contribution in [0.3, 0.4) is 0 Å². The van der Waals surface area contributed by atoms with E-state index in [0.29, 0.717) is 0 Å². The van der Waals surface area contributed by atoms with Gasteiger partial charge in [0.1, 0.15) is 17.9 Å². The minimum atomic E-state index is -5.12. The third-order valence-electron chi connectivity index (χ3n) is 3.45. The van der Waals surface area contributed by atoms with Gasteiger partial charge in [-0.2, -0.15) is 28.4 Å². The van der Waals surface area contributed by atoms with Crippen LogP contribution in [0.4, 0.5) is 18.9 Å². The molecule has 1 aromatic rings. The minimum absolute atomic E-state index is 0.0689. The number of carbonyl (C=O) groups is 1. The average Bonchev–Trinajstić information content (AvgIpc) is 3.04. The summed E-state index contributed by atoms with van der Waals surface area (Å²) in [6.45, 7) is 2.41. The molecule has 12 heteroatoms. The zero-order valence-electron chi connectivity index (χ0n) is 12.0. The Morgan fingerprint density at radius 1 is 1.48 bits per heavy atom. The Morgan fingerprint density at radius 3 is 2.57 bits per heavy atom. The summed E-state index contributed by atoms with van der Waals surface area (Å²) in [6, 6.07) is 0. The van der Waals surface area contributed by atoms with Gasteiger partial charge in [0.2, 0.25) is 0 Å². The van der Waals surface area contributed by atoms with Gasteiger partial charge < -0.3 is 5.11 Å². The van der Waals surface area contributed by atoms with Crippen molar-refractivity contribution in [3.05, 3.63) is 22.5 Å². The van der Waals surface area contributed by atoms with Crippen molar-refractivity contribution < 1.29 is 28.0 Å². The number of hydrogen-bond acceptors (Lipinski definition) is 6. The van der Waals surface area contributed by atoms with Crippen LogP contribution in [0.15, 0.2) is 17.5 Å². The molecule has 0 spiro atoms. The first kappa shape index (κ1) is 16.9. The molecular formula is C11H12F3N5O4. The fourth-order valence-corrected chi connectivity index (χ4v) is 1.96. The van der Waals surface area contributed by atoms with Gasteiger partial charge in [-0.25, -0.2) is 0 Å². The van der Waals surface area contributed by atoms with Crippen LogP contribution in [-0.2, 0) is 10.3 Å². The molecule has 0 aromatic carbocycles. The highest BCUT2D eigenvalue weighted by Gasteiger charge is 2.63. The van der Waals surface area contributed by atoms with Crippen LogP contribution in [0.5, 0.6) is 0 Å². The van der Waals surface area contributed by atoms with E-state index in [-0.39, 0.29) is 5.01 Å². The molecule has 23 heavy (non-hydrogen) atoms. The lowest BCUT2D eigenvalue weighted by atomic mass is 10.0. The van der Waals surface area contributed by atoms with Crippen molar-refractivity contribution in [2.45, 2.75) is 37.7 Å². The van der Waals surface area contributed by atoms with Crippen LogP contribution in [0.1, 0.15) is 20.3 Å². The number of nitrogens with zero attached hydrogens (tertiary/aromatic N) is 5. The third-order valence-corrected chi connectivity index (χ3v) is 3.45. The molecule has 0 saturated carbocycles. The SMILES string of the molecule is CC(C)(C(=O)N1N=CC[C@]1(O)C(F)(F)F)n1cc([N+](=O)[O-])cn1. The van der Waals surface area contributed by atoms with Gasteiger partial charge in [0.25, 0.3) is 11.6 Å². The van der Waals surface area contributed by atoms with Gasteiger partial charge in [0.05, 0.1) is 4.92 Å². The summed E-state index contributed by atoms with van der Waals surface area (Å²) in [5.41, 5.74) is -5.63. The van der Waals surface area contributed by atoms with E-state index in [0.717, 1.165) is 23.3 Å². The lowest BCUT2D eigenvalue weighted by Crippen LogP contribution is -2.60. The van der Waals surface area contributed by atoms with E-state index in [9.17, 15) is 33.2 Å². The molecule has 0 radical (unpaired) electrons. The van der Waals surface area contributed by atoms with Crippen molar-refractivity contribution in [1.82, 2.24) is 14.8 Å². The van der Waals surface area contributed by atoms with E-state index < -0.39 is 40.4 Å². The van der Waals surface area contributed by atoms with Gasteiger partial charge in [-0.3, -0.25) is 19.6 Å². The molecule has 9 nitrogen and oxygen atoms in total. The molecule has 0 unspecified atom stereocenters. The van der Waals surface area contributed by atoms with Gasteiger partial charge >= 0.3 is 11.9 Å². The van der Waals surface area contributed by atoms with Gasteiger partial charge in [-0.1, -0.05) is 0 Å². The highest BCUT2D eigenvalue weighted by Crippen LogP contribution is 2.40. The molecule has 1 aliphatic heterocycles. The molecule has 1 atom stereocenters. The Labute approximate surface area is 127 Å². The lowest BCUT2D eigenvalue weighted by molar-refractivity contribution is -0.385. The lowest BCUT2D eigenvalue weighted by Gasteiger charge is -2.36. The maximum absolute atomic E-state index is 13.0. The van der Waals surface area contributed by atoms with Crippen molar-refractivity contribution in [2.24, 2.45) is 5.10 Å². The Morgan fingerprint density at radius 2 is 2.09 bits per heavy atom. The molecule has 0 aliphatic carbocycles. The predicted molar refractivity (Wildman–Crippen MR) is 69.2 cm³/mol. The van der Waals surface area contributed by atoms with E-state index in [1.165, 1.54) is 13.8 Å². The van der Waals surface area contributed by atoms with E-state index >= 15 is 0 Å². The van der Waals surface area contributed by atoms with Crippen LogP contribution >= 0.6 is 0 Å². The van der Waals surface area contributed by atoms with Crippen molar-refractivity contribution in [3.8, 4) is 0 Å². The van der Waals surface area contributed by atoms with Crippen LogP contribution in [0, 0.1) is 10.1 Å². The number of nitro groups is 1. The molecule has 0 saturated heterocycles. The third kappa shape index (κ3) is 2.54. The van der Waals surface area contributed by atoms with Crippen molar-refractivity contribution in [3.63, 3.8) is 0 Å². The smallest absolute Gasteiger partial charge is 0.362 e. The van der Waals surface area contributed by atoms with E-state index in [4.69, 9.17) is 0 Å². The molecule has 126 valence electrons. The number of halogens is 3. The summed E-state index contributed by atoms with van der Waals surface area (Å²) in [4.78, 5) is 22.3. The zero-order valence-corrected chi connectivity index (χ0v) is 12.0. The Balaban J connectivity index is 2.37. The van der Waals surface area contributed by atoms with Gasteiger partial charge in [0, 0.05) is 12.6 Å². The number of rotatable bonds is 3. The van der Waals surface area contributed by atoms with Crippen LogP contribution in [-0.4, -0.2) is 48.8 Å². The number of hydrazone groups is 1. The van der Waals surface area contributed by atoms with E-state index in [2.05, 4.69) is 10.2 Å². The number of hydrogen-bond donors (Lipinski definition) is 1. The quantitative estimate of drug-likeness (QED) is 0.654. The molecule has 1 aromatic heterocycles. The van der Waals surface area contributed by atoms with Crippen molar-refractivity contribution in [1.29, 1.82) is 0 Å². The monoisotopic (exact) mass is 335 g/mol. The van der Waals surface area contributed by atoms with E-state index in [1.807, 2.05) is 0 Å². The summed E-state index contributed by atoms with van der Waals surface area (Å²) >= 11 is 0. The number of aromatic nitrogens is 2. The minimum Gasteiger partial charge on any atom is -0.362 e. The van der Waals surface area contributed by atoms with Crippen molar-refractivity contribution >= 4 is 17.8 Å². The summed E-state index contributed by atoms with van der Waals surface area (Å²) < 4.78 is 39.9. The Hall–Kier alpha value is -2.50. The highest BCUT2D eigenvalue weighted by atomic mass is 19.4. The second-order valence-corrected chi connectivity index (χ2v) is 5.39. The number of alkyl halides is 3. The molecule has 2 heterocycles. The van der Waals surface area contributed by atoms with E-state index in [1.54, 1.807) is 0 Å². The van der Waals surface area contributed by atoms with Crippen LogP contribution in [0.25, 0.3) is 0 Å². The van der Waals surface area contributed by atoms with Crippen LogP contribution in [0.2, 0.25) is 0 Å². The average molecular weight is 335 g/mol. The highest BCUT2D eigenvalue weighted by molar-refractivity contribution is 5.86. The van der Waals surface area contributed by atoms with Gasteiger partial charge in [0.15, 0.2) is 0 Å². The first-order chi connectivity index (χ1) is 10.4. The number of amides is 1. The molecule has 2 rings (SSSR count). The van der Waals surface area contributed by atoms with Crippen molar-refractivity contribution in [2.75, 3.05) is 0 Å². The molecule has 0 fully saturated rings. The topological polar surface area (TPSA) is 114 Å². The molecule has 0 bridgehead atoms. The maximum Gasteiger partial charge on any atom is 0.438 e. The molecule has 1 amide bonds. The first-order valence-corrected chi connectivity index (χ1v) is 6.27. The normalized spacial score (nSPS) is 21.7. The fraction of sp³-hybridized carbons (Fsp3) is 0.545. The summed E-state index contributed by atoms with van der Waals surface area (Å²) in [5.74, 6) is -1.22. The van der Waals surface area contributed by atoms with Crippen LogP contribution < -0.4 is 0 Å². The summed E-state index contributed by atoms with van der Waals surface area (Å²) in [5, 5.41) is 27.3. The Kier molecular flexibility index (Phi) is 3.67. The molecule has 1 aliphatic rings. The van der Waals surface area contributed by atoms with Gasteiger partial charge in [-0.05, 0) is 13.8 Å². The second-order valence-electron chi connectivity index (χ2n) is 5.39. The Bertz CT molecular complexity index is 683. The summed E-state index contributed by atoms with van der Waals surface area (Å²) in [6.07, 6.45) is -3.49. The van der Waals surface area contributed by atoms with Gasteiger partial charge in [-0.15, -0.1) is 0 Å². The number of carbonyl (C=O) groups excluding carboxylic acids is 1.